The number of nitrogens with one attached hydrogen (secondary N) is 4. The Morgan fingerprint density at radius 2 is 0.755 bits per heavy atom. The zero-order valence-electron chi connectivity index (χ0n) is 25.0. The van der Waals surface area contributed by atoms with Crippen molar-refractivity contribution in [2.75, 3.05) is 0 Å². The number of benzene rings is 4. The zero-order chi connectivity index (χ0) is 31.7. The summed E-state index contributed by atoms with van der Waals surface area (Å²) in [6.07, 6.45) is 0. The van der Waals surface area contributed by atoms with Crippen molar-refractivity contribution in [1.82, 2.24) is 59.8 Å². The predicted molar refractivity (Wildman–Crippen MR) is 179 cm³/mol. The molecule has 0 atom stereocenters. The fourth-order valence-electron chi connectivity index (χ4n) is 6.62. The number of nitrogens with zero attached hydrogens (tertiary/aromatic N) is 8. The molecule has 0 saturated carbocycles. The molecular formula is C34H16N12O2Zn. The molecule has 2 aliphatic heterocycles. The summed E-state index contributed by atoms with van der Waals surface area (Å²) in [4.78, 5) is 75.1. The van der Waals surface area contributed by atoms with Crippen LogP contribution in [0.5, 0.6) is 0 Å². The molecule has 4 N–H and O–H groups in total. The fraction of sp³-hybridized carbons (Fsp3) is 0. The summed E-state index contributed by atoms with van der Waals surface area (Å²) in [5, 5.41) is 2.92. The molecule has 49 heavy (non-hydrogen) atoms. The van der Waals surface area contributed by atoms with Crippen LogP contribution >= 0.6 is 0 Å². The van der Waals surface area contributed by atoms with Gasteiger partial charge in [0.05, 0.1) is 45.4 Å². The van der Waals surface area contributed by atoms with Gasteiger partial charge in [0.1, 0.15) is 0 Å². The van der Waals surface area contributed by atoms with Crippen molar-refractivity contribution in [2.45, 2.75) is 0 Å². The van der Waals surface area contributed by atoms with Crippen LogP contribution in [0.4, 0.5) is 0 Å². The van der Waals surface area contributed by atoms with E-state index in [1.54, 1.807) is 0 Å². The number of imidazole rings is 2. The summed E-state index contributed by atoms with van der Waals surface area (Å²) in [5.74, 6) is 1.60. The summed E-state index contributed by atoms with van der Waals surface area (Å²) in [6.45, 7) is 0. The van der Waals surface area contributed by atoms with E-state index in [0.29, 0.717) is 89.9 Å². The third kappa shape index (κ3) is 3.96. The van der Waals surface area contributed by atoms with Gasteiger partial charge in [-0.3, -0.25) is 0 Å². The van der Waals surface area contributed by atoms with Crippen LogP contribution in [-0.4, -0.2) is 49.8 Å². The van der Waals surface area contributed by atoms with Crippen molar-refractivity contribution in [3.8, 4) is 45.6 Å². The Morgan fingerprint density at radius 1 is 0.408 bits per heavy atom. The third-order valence-corrected chi connectivity index (χ3v) is 8.78. The molecule has 15 heteroatoms. The van der Waals surface area contributed by atoms with Crippen LogP contribution in [0, 0.1) is 0 Å². The Bertz CT molecular complexity index is 3200. The molecule has 7 heterocycles. The number of H-pyrrole nitrogens is 4. The van der Waals surface area contributed by atoms with E-state index in [2.05, 4.69) is 19.9 Å². The van der Waals surface area contributed by atoms with E-state index in [0.717, 1.165) is 21.9 Å². The van der Waals surface area contributed by atoms with E-state index in [1.165, 1.54) is 0 Å². The van der Waals surface area contributed by atoms with Crippen molar-refractivity contribution < 1.29 is 19.5 Å². The van der Waals surface area contributed by atoms with Gasteiger partial charge in [-0.1, -0.05) is 48.5 Å². The number of aromatic amines is 4. The van der Waals surface area contributed by atoms with Crippen molar-refractivity contribution in [1.29, 1.82) is 0 Å². The van der Waals surface area contributed by atoms with Gasteiger partial charge in [0.25, 0.3) is 0 Å². The monoisotopic (exact) mass is 688 g/mol. The van der Waals surface area contributed by atoms with E-state index in [4.69, 9.17) is 39.9 Å². The van der Waals surface area contributed by atoms with Crippen molar-refractivity contribution in [2.24, 2.45) is 0 Å². The molecule has 0 fully saturated rings. The number of rotatable bonds is 0. The summed E-state index contributed by atoms with van der Waals surface area (Å²) in [7, 11) is 0. The van der Waals surface area contributed by atoms with Gasteiger partial charge < -0.3 is 49.8 Å². The topological polar surface area (TPSA) is 203 Å². The van der Waals surface area contributed by atoms with Crippen LogP contribution in [0.2, 0.25) is 0 Å². The van der Waals surface area contributed by atoms with Crippen molar-refractivity contribution in [3.63, 3.8) is 0 Å². The van der Waals surface area contributed by atoms with Gasteiger partial charge in [-0.25, -0.2) is 19.6 Å². The molecule has 2 aliphatic rings. The molecule has 0 aliphatic carbocycles. The van der Waals surface area contributed by atoms with Crippen LogP contribution < -0.4 is 21.3 Å². The normalized spacial score (nSPS) is 12.1. The van der Waals surface area contributed by atoms with Crippen LogP contribution in [-0.2, 0) is 19.5 Å². The van der Waals surface area contributed by atoms with Gasteiger partial charge in [-0.15, -0.1) is 0 Å². The van der Waals surface area contributed by atoms with Crippen LogP contribution in [0.1, 0.15) is 0 Å². The summed E-state index contributed by atoms with van der Waals surface area (Å²) in [5.41, 5.74) is 6.26. The minimum Gasteiger partial charge on any atom is -0.357 e. The molecule has 8 bridgehead atoms. The van der Waals surface area contributed by atoms with E-state index in [9.17, 15) is 9.59 Å². The Kier molecular flexibility index (Phi) is 5.46. The molecule has 0 unspecified atom stereocenters. The molecule has 5 aromatic heterocycles. The molecule has 14 nitrogen and oxygen atoms in total. The van der Waals surface area contributed by atoms with E-state index < -0.39 is 0 Å². The molecule has 0 saturated heterocycles. The fourth-order valence-corrected chi connectivity index (χ4v) is 6.62. The van der Waals surface area contributed by atoms with Crippen LogP contribution in [0.3, 0.4) is 0 Å². The summed E-state index contributed by atoms with van der Waals surface area (Å²) in [6, 6.07) is 22.8. The Balaban J connectivity index is 0.00000306. The van der Waals surface area contributed by atoms with Gasteiger partial charge in [-0.2, -0.15) is 0 Å². The van der Waals surface area contributed by atoms with E-state index >= 15 is 0 Å². The first-order valence-corrected chi connectivity index (χ1v) is 15.0. The molecule has 9 aromatic rings. The van der Waals surface area contributed by atoms with E-state index in [1.807, 2.05) is 72.8 Å². The molecule has 11 rings (SSSR count). The molecule has 0 amide bonds. The number of fused-ring (bicyclic) bond motifs is 22. The second kappa shape index (κ2) is 9.72. The Morgan fingerprint density at radius 3 is 1.18 bits per heavy atom. The first-order valence-electron chi connectivity index (χ1n) is 15.0. The minimum absolute atomic E-state index is 0. The first kappa shape index (κ1) is 27.5. The number of hydrogen-bond donors (Lipinski definition) is 4. The van der Waals surface area contributed by atoms with Crippen molar-refractivity contribution in [3.05, 3.63) is 93.8 Å². The maximum atomic E-state index is 12.2. The molecule has 0 spiro atoms. The summed E-state index contributed by atoms with van der Waals surface area (Å²) < 4.78 is 0. The van der Waals surface area contributed by atoms with Crippen molar-refractivity contribution >= 4 is 66.2 Å². The maximum absolute atomic E-state index is 12.2. The van der Waals surface area contributed by atoms with Gasteiger partial charge >= 0.3 is 30.9 Å². The first-order chi connectivity index (χ1) is 23.5. The zero-order valence-corrected chi connectivity index (χ0v) is 28.0. The average Bonchev–Trinajstić information content (AvgIpc) is 3.92. The quantitative estimate of drug-likeness (QED) is 0.165. The minimum atomic E-state index is -0.331. The maximum Gasteiger partial charge on any atom is 2.00 e. The predicted octanol–water partition coefficient (Wildman–Crippen LogP) is 4.46. The van der Waals surface area contributed by atoms with E-state index in [-0.39, 0.29) is 30.9 Å². The van der Waals surface area contributed by atoms with Crippen LogP contribution in [0.15, 0.2) is 82.4 Å². The van der Waals surface area contributed by atoms with Gasteiger partial charge in [-0.05, 0) is 45.8 Å². The Hall–Kier alpha value is -6.60. The number of aromatic nitrogens is 12. The Labute approximate surface area is 284 Å². The standard InChI is InChI=1S/C34H18N12O2.Zn/c47-33-35-21-9-17-19(11-23(21)37-33)31-44-29(17)42-27-15-7-3-1-5-13(15)25(40-27)39-26-14-6-2-4-8-16(14)28(41-26)43-30-18-10-22-24(38-34(48)36-22)12-20(18)32(45-30)46-31;/h1-12H,(H6,35,36,37,38,39,40,41,42,43,44,45,46,47,48);/q;+2/p-2. The smallest absolute Gasteiger partial charge is 0.357 e. The molecular weight excluding hydrogens is 674 g/mol. The second-order valence-corrected chi connectivity index (χ2v) is 11.6. The average molecular weight is 690 g/mol. The third-order valence-electron chi connectivity index (χ3n) is 8.78. The molecule has 0 radical (unpaired) electrons. The molecule has 226 valence electrons. The van der Waals surface area contributed by atoms with Gasteiger partial charge in [0, 0.05) is 44.8 Å². The second-order valence-electron chi connectivity index (χ2n) is 11.6. The van der Waals surface area contributed by atoms with Crippen LogP contribution in [0.25, 0.3) is 112 Å². The number of hydrogen-bond acceptors (Lipinski definition) is 8. The van der Waals surface area contributed by atoms with Gasteiger partial charge in [0.2, 0.25) is 0 Å². The summed E-state index contributed by atoms with van der Waals surface area (Å²) >= 11 is 0. The van der Waals surface area contributed by atoms with Gasteiger partial charge in [0.15, 0.2) is 0 Å². The largest absolute Gasteiger partial charge is 2.00 e. The molecule has 4 aromatic carbocycles. The SMILES string of the molecule is O=c1[nH]c2cc3c(cc2[nH]1)-c1nc-3nc2[n-]c(nc3nc(nc4[n-]c(n1)c1cc5[nH]c(=O)[nH]c5cc41)-c1ccccc1-3)c1ccccc21.[Zn+2].